The Morgan fingerprint density at radius 2 is 1.75 bits per heavy atom. The number of carbonyl (C=O) groups is 1. The number of hydrogen-bond acceptors (Lipinski definition) is 4. The van der Waals surface area contributed by atoms with Crippen molar-refractivity contribution in [3.63, 3.8) is 0 Å². The first-order chi connectivity index (χ1) is 13.1. The Morgan fingerprint density at radius 3 is 2.36 bits per heavy atom. The second-order valence-electron chi connectivity index (χ2n) is 5.67. The third-order valence-electron chi connectivity index (χ3n) is 3.71. The molecule has 0 aliphatic carbocycles. The summed E-state index contributed by atoms with van der Waals surface area (Å²) in [6.07, 6.45) is 1.10. The predicted molar refractivity (Wildman–Crippen MR) is 97.3 cm³/mol. The molecule has 146 valence electrons. The summed E-state index contributed by atoms with van der Waals surface area (Å²) in [6.45, 7) is 0. The van der Waals surface area contributed by atoms with Crippen LogP contribution in [0, 0.1) is 17.5 Å². The smallest absolute Gasteiger partial charge is 0.285 e. The number of hydrogen-bond donors (Lipinski definition) is 1. The average Bonchev–Trinajstić information content (AvgIpc) is 2.96. The molecule has 0 saturated carbocycles. The number of nitrogens with zero attached hydrogens (tertiary/aromatic N) is 2. The van der Waals surface area contributed by atoms with Crippen LogP contribution in [-0.2, 0) is 17.1 Å². The number of sulfonamides is 1. The van der Waals surface area contributed by atoms with E-state index in [4.69, 9.17) is 0 Å². The van der Waals surface area contributed by atoms with Crippen LogP contribution < -0.4 is 4.72 Å². The predicted octanol–water partition coefficient (Wildman–Crippen LogP) is 3.39. The SMILES string of the molecule is Cn1cc(C(=O)NS(=O)(=O)c2ccc(Br)cc2F)nc1-c1c(F)cccc1F. The summed E-state index contributed by atoms with van der Waals surface area (Å²) in [5.74, 6) is -4.26. The highest BCUT2D eigenvalue weighted by atomic mass is 79.9. The van der Waals surface area contributed by atoms with Crippen LogP contribution in [0.15, 0.2) is 52.0 Å². The standard InChI is InChI=1S/C17H11BrF3N3O3S/c1-24-8-13(22-16(24)15-10(19)3-2-4-11(15)20)17(25)23-28(26,27)14-6-5-9(18)7-12(14)21/h2-8H,1H3,(H,23,25). The largest absolute Gasteiger partial charge is 0.333 e. The van der Waals surface area contributed by atoms with E-state index in [9.17, 15) is 26.4 Å². The summed E-state index contributed by atoms with van der Waals surface area (Å²) in [6, 6.07) is 6.42. The van der Waals surface area contributed by atoms with E-state index in [-0.39, 0.29) is 5.82 Å². The lowest BCUT2D eigenvalue weighted by atomic mass is 10.2. The number of benzene rings is 2. The van der Waals surface area contributed by atoms with E-state index in [1.807, 2.05) is 0 Å². The number of aryl methyl sites for hydroxylation is 1. The fourth-order valence-corrected chi connectivity index (χ4v) is 3.80. The van der Waals surface area contributed by atoms with Crippen molar-refractivity contribution < 1.29 is 26.4 Å². The fourth-order valence-electron chi connectivity index (χ4n) is 2.44. The Labute approximate surface area is 166 Å². The van der Waals surface area contributed by atoms with Gasteiger partial charge in [-0.1, -0.05) is 22.0 Å². The molecule has 0 fully saturated rings. The van der Waals surface area contributed by atoms with E-state index in [0.29, 0.717) is 4.47 Å². The van der Waals surface area contributed by atoms with Gasteiger partial charge in [-0.3, -0.25) is 4.79 Å². The number of aromatic nitrogens is 2. The second kappa shape index (κ2) is 7.40. The van der Waals surface area contributed by atoms with Crippen LogP contribution in [0.3, 0.4) is 0 Å². The zero-order valence-corrected chi connectivity index (χ0v) is 16.5. The maximum Gasteiger partial charge on any atom is 0.285 e. The van der Waals surface area contributed by atoms with Crippen molar-refractivity contribution in [3.05, 3.63) is 70.2 Å². The van der Waals surface area contributed by atoms with E-state index in [2.05, 4.69) is 20.9 Å². The van der Waals surface area contributed by atoms with Crippen molar-refractivity contribution in [2.24, 2.45) is 7.05 Å². The Kier molecular flexibility index (Phi) is 5.31. The molecule has 6 nitrogen and oxygen atoms in total. The monoisotopic (exact) mass is 473 g/mol. The van der Waals surface area contributed by atoms with Gasteiger partial charge in [0.15, 0.2) is 0 Å². The average molecular weight is 474 g/mol. The van der Waals surface area contributed by atoms with Crippen molar-refractivity contribution in [2.45, 2.75) is 4.90 Å². The molecule has 1 amide bonds. The Balaban J connectivity index is 1.94. The number of halogens is 4. The van der Waals surface area contributed by atoms with E-state index in [0.717, 1.165) is 30.5 Å². The van der Waals surface area contributed by atoms with Gasteiger partial charge >= 0.3 is 0 Å². The molecule has 0 unspecified atom stereocenters. The van der Waals surface area contributed by atoms with Gasteiger partial charge in [0, 0.05) is 17.7 Å². The Morgan fingerprint density at radius 1 is 1.11 bits per heavy atom. The lowest BCUT2D eigenvalue weighted by Crippen LogP contribution is -2.31. The zero-order chi connectivity index (χ0) is 20.6. The molecule has 0 aliphatic heterocycles. The highest BCUT2D eigenvalue weighted by Gasteiger charge is 2.25. The van der Waals surface area contributed by atoms with Gasteiger partial charge in [0.2, 0.25) is 0 Å². The molecular formula is C17H11BrF3N3O3S. The highest BCUT2D eigenvalue weighted by Crippen LogP contribution is 2.25. The van der Waals surface area contributed by atoms with Gasteiger partial charge in [-0.2, -0.15) is 0 Å². The summed E-state index contributed by atoms with van der Waals surface area (Å²) in [5, 5.41) is 0. The molecule has 3 rings (SSSR count). The normalized spacial score (nSPS) is 11.5. The summed E-state index contributed by atoms with van der Waals surface area (Å²) in [5.41, 5.74) is -0.882. The highest BCUT2D eigenvalue weighted by molar-refractivity contribution is 9.10. The van der Waals surface area contributed by atoms with Gasteiger partial charge in [-0.15, -0.1) is 0 Å². The summed E-state index contributed by atoms with van der Waals surface area (Å²) in [7, 11) is -3.15. The lowest BCUT2D eigenvalue weighted by Gasteiger charge is -2.06. The zero-order valence-electron chi connectivity index (χ0n) is 14.1. The number of carbonyl (C=O) groups excluding carboxylic acids is 1. The van der Waals surface area contributed by atoms with E-state index >= 15 is 0 Å². The molecule has 0 radical (unpaired) electrons. The molecule has 0 saturated heterocycles. The molecule has 0 spiro atoms. The van der Waals surface area contributed by atoms with Crippen LogP contribution in [0.5, 0.6) is 0 Å². The van der Waals surface area contributed by atoms with Crippen molar-refractivity contribution in [3.8, 4) is 11.4 Å². The van der Waals surface area contributed by atoms with Gasteiger partial charge in [-0.05, 0) is 30.3 Å². The first-order valence-electron chi connectivity index (χ1n) is 7.60. The molecule has 1 aromatic heterocycles. The molecule has 1 heterocycles. The van der Waals surface area contributed by atoms with E-state index < -0.39 is 49.5 Å². The fraction of sp³-hybridized carbons (Fsp3) is 0.0588. The van der Waals surface area contributed by atoms with Gasteiger partial charge in [0.25, 0.3) is 15.9 Å². The maximum absolute atomic E-state index is 14.0. The first kappa shape index (κ1) is 20.1. The number of amides is 1. The molecule has 3 aromatic rings. The molecule has 2 aromatic carbocycles. The molecule has 0 aliphatic rings. The third-order valence-corrected chi connectivity index (χ3v) is 5.56. The van der Waals surface area contributed by atoms with Crippen LogP contribution in [0.4, 0.5) is 13.2 Å². The van der Waals surface area contributed by atoms with Crippen LogP contribution in [-0.4, -0.2) is 23.9 Å². The van der Waals surface area contributed by atoms with Gasteiger partial charge in [-0.25, -0.2) is 31.3 Å². The molecule has 1 N–H and O–H groups in total. The molecule has 11 heteroatoms. The summed E-state index contributed by atoms with van der Waals surface area (Å²) < 4.78 is 69.6. The maximum atomic E-state index is 14.0. The number of rotatable bonds is 4. The van der Waals surface area contributed by atoms with Crippen LogP contribution in [0.2, 0.25) is 0 Å². The molecule has 0 atom stereocenters. The summed E-state index contributed by atoms with van der Waals surface area (Å²) >= 11 is 3.00. The van der Waals surface area contributed by atoms with E-state index in [1.165, 1.54) is 23.7 Å². The number of nitrogens with one attached hydrogen (secondary N) is 1. The number of imidazole rings is 1. The van der Waals surface area contributed by atoms with Crippen molar-refractivity contribution in [1.82, 2.24) is 14.3 Å². The topological polar surface area (TPSA) is 81.1 Å². The second-order valence-corrected chi connectivity index (χ2v) is 8.23. The minimum atomic E-state index is -4.53. The minimum absolute atomic E-state index is 0.215. The molecular weight excluding hydrogens is 463 g/mol. The van der Waals surface area contributed by atoms with Crippen LogP contribution >= 0.6 is 15.9 Å². The Bertz CT molecular complexity index is 1180. The van der Waals surface area contributed by atoms with Crippen molar-refractivity contribution in [2.75, 3.05) is 0 Å². The van der Waals surface area contributed by atoms with Crippen molar-refractivity contribution >= 4 is 31.9 Å². The van der Waals surface area contributed by atoms with Crippen LogP contribution in [0.1, 0.15) is 10.5 Å². The summed E-state index contributed by atoms with van der Waals surface area (Å²) in [4.78, 5) is 15.4. The van der Waals surface area contributed by atoms with Gasteiger partial charge in [0.1, 0.15) is 33.9 Å². The molecule has 0 bridgehead atoms. The Hall–Kier alpha value is -2.66. The first-order valence-corrected chi connectivity index (χ1v) is 9.87. The van der Waals surface area contributed by atoms with Gasteiger partial charge < -0.3 is 4.57 Å². The van der Waals surface area contributed by atoms with Crippen LogP contribution in [0.25, 0.3) is 11.4 Å². The van der Waals surface area contributed by atoms with Crippen molar-refractivity contribution in [1.29, 1.82) is 0 Å². The van der Waals surface area contributed by atoms with E-state index in [1.54, 1.807) is 4.72 Å². The quantitative estimate of drug-likeness (QED) is 0.629. The molecule has 28 heavy (non-hydrogen) atoms. The van der Waals surface area contributed by atoms with Gasteiger partial charge in [0.05, 0.1) is 5.56 Å². The minimum Gasteiger partial charge on any atom is -0.333 e. The lowest BCUT2D eigenvalue weighted by molar-refractivity contribution is 0.0977. The third kappa shape index (κ3) is 3.80.